The van der Waals surface area contributed by atoms with Crippen molar-refractivity contribution in [3.8, 4) is 11.5 Å². The zero-order chi connectivity index (χ0) is 15.5. The van der Waals surface area contributed by atoms with E-state index in [2.05, 4.69) is 0 Å². The second-order valence-electron chi connectivity index (χ2n) is 4.14. The van der Waals surface area contributed by atoms with Gasteiger partial charge in [-0.05, 0) is 11.6 Å². The molecule has 0 aliphatic carbocycles. The lowest BCUT2D eigenvalue weighted by atomic mass is 9.99. The summed E-state index contributed by atoms with van der Waals surface area (Å²) in [6.07, 6.45) is 0.993. The van der Waals surface area contributed by atoms with Crippen molar-refractivity contribution >= 4 is 15.8 Å². The first-order valence-electron chi connectivity index (χ1n) is 5.65. The van der Waals surface area contributed by atoms with Crippen LogP contribution < -0.4 is 15.2 Å². The fraction of sp³-hybridized carbons (Fsp3) is 0.417. The molecule has 0 aromatic heterocycles. The number of benzene rings is 1. The number of hydrogen-bond acceptors (Lipinski definition) is 6. The molecule has 0 aliphatic heterocycles. The third-order valence-electron chi connectivity index (χ3n) is 2.82. The third-order valence-corrected chi connectivity index (χ3v) is 3.98. The van der Waals surface area contributed by atoms with Gasteiger partial charge >= 0.3 is 5.97 Å². The maximum absolute atomic E-state index is 11.8. The van der Waals surface area contributed by atoms with Crippen molar-refractivity contribution in [1.82, 2.24) is 0 Å². The van der Waals surface area contributed by atoms with Gasteiger partial charge in [-0.1, -0.05) is 0 Å². The van der Waals surface area contributed by atoms with Gasteiger partial charge in [0.15, 0.2) is 21.3 Å². The summed E-state index contributed by atoms with van der Waals surface area (Å²) in [5.41, 5.74) is 5.52. The number of carboxylic acids is 1. The topological polar surface area (TPSA) is 116 Å². The lowest BCUT2D eigenvalue weighted by Crippen LogP contribution is -2.23. The van der Waals surface area contributed by atoms with Gasteiger partial charge in [0, 0.05) is 18.9 Å². The fourth-order valence-electron chi connectivity index (χ4n) is 1.83. The SMILES string of the molecule is COc1cc(C(CN)C(=O)O)c(S(C)(=O)=O)cc1OC. The lowest BCUT2D eigenvalue weighted by Gasteiger charge is -2.17. The highest BCUT2D eigenvalue weighted by Gasteiger charge is 2.27. The predicted molar refractivity (Wildman–Crippen MR) is 72.1 cm³/mol. The summed E-state index contributed by atoms with van der Waals surface area (Å²) in [6, 6.07) is 2.58. The summed E-state index contributed by atoms with van der Waals surface area (Å²) in [7, 11) is -0.897. The van der Waals surface area contributed by atoms with E-state index in [1.54, 1.807) is 0 Å². The summed E-state index contributed by atoms with van der Waals surface area (Å²) < 4.78 is 33.8. The molecule has 8 heteroatoms. The van der Waals surface area contributed by atoms with Gasteiger partial charge in [0.05, 0.1) is 25.0 Å². The highest BCUT2D eigenvalue weighted by Crippen LogP contribution is 2.36. The lowest BCUT2D eigenvalue weighted by molar-refractivity contribution is -0.138. The Bertz CT molecular complexity index is 611. The summed E-state index contributed by atoms with van der Waals surface area (Å²) >= 11 is 0. The summed E-state index contributed by atoms with van der Waals surface area (Å²) in [6.45, 7) is -0.229. The van der Waals surface area contributed by atoms with Crippen LogP contribution in [0.2, 0.25) is 0 Å². The van der Waals surface area contributed by atoms with E-state index in [9.17, 15) is 13.2 Å². The Hall–Kier alpha value is -1.80. The van der Waals surface area contributed by atoms with Gasteiger partial charge in [-0.2, -0.15) is 0 Å². The van der Waals surface area contributed by atoms with Gasteiger partial charge in [0.1, 0.15) is 0 Å². The number of sulfone groups is 1. The third kappa shape index (κ3) is 3.20. The molecule has 1 aromatic carbocycles. The molecule has 0 fully saturated rings. The van der Waals surface area contributed by atoms with E-state index in [4.69, 9.17) is 20.3 Å². The smallest absolute Gasteiger partial charge is 0.312 e. The largest absolute Gasteiger partial charge is 0.493 e. The van der Waals surface area contributed by atoms with Crippen molar-refractivity contribution in [3.63, 3.8) is 0 Å². The quantitative estimate of drug-likeness (QED) is 0.773. The van der Waals surface area contributed by atoms with Crippen molar-refractivity contribution in [3.05, 3.63) is 17.7 Å². The number of hydrogen-bond donors (Lipinski definition) is 2. The normalized spacial score (nSPS) is 12.8. The molecule has 1 rings (SSSR count). The maximum atomic E-state index is 11.8. The van der Waals surface area contributed by atoms with Gasteiger partial charge in [-0.15, -0.1) is 0 Å². The molecule has 0 saturated carbocycles. The summed E-state index contributed by atoms with van der Waals surface area (Å²) in [4.78, 5) is 11.1. The monoisotopic (exact) mass is 303 g/mol. The van der Waals surface area contributed by atoms with Crippen LogP contribution in [0.1, 0.15) is 11.5 Å². The van der Waals surface area contributed by atoms with Crippen molar-refractivity contribution in [1.29, 1.82) is 0 Å². The molecule has 1 aromatic rings. The van der Waals surface area contributed by atoms with Crippen LogP contribution in [-0.4, -0.2) is 46.5 Å². The standard InChI is InChI=1S/C12H17NO6S/c1-18-9-4-7(8(6-13)12(14)15)11(20(3,16)17)5-10(9)19-2/h4-5,8H,6,13H2,1-3H3,(H,14,15). The number of aliphatic carboxylic acids is 1. The molecular weight excluding hydrogens is 286 g/mol. The van der Waals surface area contributed by atoms with Crippen LogP contribution in [0.15, 0.2) is 17.0 Å². The van der Waals surface area contributed by atoms with Crippen molar-refractivity contribution in [2.45, 2.75) is 10.8 Å². The molecule has 0 amide bonds. The van der Waals surface area contributed by atoms with Gasteiger partial charge in [0.2, 0.25) is 0 Å². The number of carboxylic acid groups (broad SMARTS) is 1. The molecule has 0 heterocycles. The highest BCUT2D eigenvalue weighted by molar-refractivity contribution is 7.90. The minimum Gasteiger partial charge on any atom is -0.493 e. The second-order valence-corrected chi connectivity index (χ2v) is 6.13. The molecule has 3 N–H and O–H groups in total. The molecule has 1 atom stereocenters. The summed E-state index contributed by atoms with van der Waals surface area (Å²) in [5, 5.41) is 9.16. The number of rotatable bonds is 6. The average Bonchev–Trinajstić information content (AvgIpc) is 2.37. The second kappa shape index (κ2) is 6.10. The Morgan fingerprint density at radius 2 is 1.80 bits per heavy atom. The maximum Gasteiger partial charge on any atom is 0.312 e. The molecule has 112 valence electrons. The van der Waals surface area contributed by atoms with E-state index >= 15 is 0 Å². The Kier molecular flexibility index (Phi) is 4.96. The Balaban J connectivity index is 3.67. The van der Waals surface area contributed by atoms with Crippen LogP contribution in [0.5, 0.6) is 11.5 Å². The van der Waals surface area contributed by atoms with Crippen LogP contribution in [0, 0.1) is 0 Å². The van der Waals surface area contributed by atoms with Crippen LogP contribution in [0.25, 0.3) is 0 Å². The zero-order valence-electron chi connectivity index (χ0n) is 11.4. The van der Waals surface area contributed by atoms with E-state index in [0.29, 0.717) is 0 Å². The van der Waals surface area contributed by atoms with Gasteiger partial charge < -0.3 is 20.3 Å². The molecule has 0 bridgehead atoms. The Morgan fingerprint density at radius 1 is 1.30 bits per heavy atom. The fourth-order valence-corrected chi connectivity index (χ4v) is 2.78. The highest BCUT2D eigenvalue weighted by atomic mass is 32.2. The van der Waals surface area contributed by atoms with Gasteiger partial charge in [0.25, 0.3) is 0 Å². The minimum atomic E-state index is -3.63. The zero-order valence-corrected chi connectivity index (χ0v) is 12.2. The molecular formula is C12H17NO6S. The molecule has 7 nitrogen and oxygen atoms in total. The van der Waals surface area contributed by atoms with Gasteiger partial charge in [-0.25, -0.2) is 8.42 Å². The van der Waals surface area contributed by atoms with Crippen LogP contribution in [0.4, 0.5) is 0 Å². The van der Waals surface area contributed by atoms with Crippen molar-refractivity contribution < 1.29 is 27.8 Å². The molecule has 0 radical (unpaired) electrons. The molecule has 0 saturated heterocycles. The van der Waals surface area contributed by atoms with Crippen molar-refractivity contribution in [2.24, 2.45) is 5.73 Å². The first-order chi connectivity index (χ1) is 9.26. The Labute approximate surface area is 117 Å². The average molecular weight is 303 g/mol. The number of nitrogens with two attached hydrogens (primary N) is 1. The molecule has 1 unspecified atom stereocenters. The first kappa shape index (κ1) is 16.3. The van der Waals surface area contributed by atoms with Crippen LogP contribution in [-0.2, 0) is 14.6 Å². The Morgan fingerprint density at radius 3 is 2.15 bits per heavy atom. The predicted octanol–water partition coefficient (Wildman–Crippen LogP) is 0.234. The van der Waals surface area contributed by atoms with E-state index in [1.807, 2.05) is 0 Å². The van der Waals surface area contributed by atoms with E-state index in [0.717, 1.165) is 6.26 Å². The minimum absolute atomic E-state index is 0.0835. The number of ether oxygens (including phenoxy) is 2. The van der Waals surface area contributed by atoms with E-state index in [-0.39, 0.29) is 28.5 Å². The molecule has 0 spiro atoms. The number of methoxy groups -OCH3 is 2. The van der Waals surface area contributed by atoms with Crippen LogP contribution >= 0.6 is 0 Å². The van der Waals surface area contributed by atoms with Crippen LogP contribution in [0.3, 0.4) is 0 Å². The number of carbonyl (C=O) groups is 1. The summed E-state index contributed by atoms with van der Waals surface area (Å²) in [5.74, 6) is -1.89. The van der Waals surface area contributed by atoms with E-state index < -0.39 is 21.7 Å². The van der Waals surface area contributed by atoms with E-state index in [1.165, 1.54) is 26.4 Å². The molecule has 20 heavy (non-hydrogen) atoms. The molecule has 0 aliphatic rings. The van der Waals surface area contributed by atoms with Crippen molar-refractivity contribution in [2.75, 3.05) is 27.0 Å². The van der Waals surface area contributed by atoms with Gasteiger partial charge in [-0.3, -0.25) is 4.79 Å². The first-order valence-corrected chi connectivity index (χ1v) is 7.54.